The first-order valence-electron chi connectivity index (χ1n) is 8.12. The second kappa shape index (κ2) is 6.91. The molecule has 0 amide bonds. The van der Waals surface area contributed by atoms with Gasteiger partial charge in [-0.3, -0.25) is 0 Å². The van der Waals surface area contributed by atoms with Crippen molar-refractivity contribution in [3.8, 4) is 0 Å². The fourth-order valence-corrected chi connectivity index (χ4v) is 3.48. The minimum Gasteiger partial charge on any atom is -0.311 e. The Hall–Kier alpha value is -0.0800. The molecule has 1 aliphatic heterocycles. The average Bonchev–Trinajstić information content (AvgIpc) is 2.40. The van der Waals surface area contributed by atoms with E-state index in [2.05, 4.69) is 31.0 Å². The summed E-state index contributed by atoms with van der Waals surface area (Å²) in [5, 5.41) is 3.78. The van der Waals surface area contributed by atoms with Gasteiger partial charge in [-0.15, -0.1) is 0 Å². The van der Waals surface area contributed by atoms with E-state index in [9.17, 15) is 0 Å². The third-order valence-electron chi connectivity index (χ3n) is 5.19. The van der Waals surface area contributed by atoms with E-state index in [0.29, 0.717) is 0 Å². The Balaban J connectivity index is 1.80. The molecule has 0 spiro atoms. The van der Waals surface area contributed by atoms with Gasteiger partial charge in [0.2, 0.25) is 0 Å². The van der Waals surface area contributed by atoms with Gasteiger partial charge in [0.15, 0.2) is 0 Å². The second-order valence-electron chi connectivity index (χ2n) is 6.94. The fraction of sp³-hybridized carbons (Fsp3) is 1.00. The van der Waals surface area contributed by atoms with Crippen LogP contribution in [0.4, 0.5) is 0 Å². The molecule has 2 aliphatic rings. The summed E-state index contributed by atoms with van der Waals surface area (Å²) < 4.78 is 0. The number of rotatable bonds is 4. The number of nitrogens with one attached hydrogen (secondary N) is 1. The predicted molar refractivity (Wildman–Crippen MR) is 78.8 cm³/mol. The van der Waals surface area contributed by atoms with Gasteiger partial charge in [-0.1, -0.05) is 40.0 Å². The summed E-state index contributed by atoms with van der Waals surface area (Å²) in [6, 6.07) is 0.776. The number of piperazine rings is 1. The van der Waals surface area contributed by atoms with Crippen LogP contribution in [0.2, 0.25) is 0 Å². The molecule has 0 aromatic rings. The van der Waals surface area contributed by atoms with Crippen molar-refractivity contribution >= 4 is 0 Å². The van der Waals surface area contributed by atoms with E-state index in [1.807, 2.05) is 0 Å². The number of hydrogen-bond acceptors (Lipinski definition) is 2. The zero-order valence-corrected chi connectivity index (χ0v) is 12.6. The Morgan fingerprint density at radius 2 is 1.83 bits per heavy atom. The Bertz CT molecular complexity index is 233. The maximum absolute atomic E-state index is 3.78. The van der Waals surface area contributed by atoms with Crippen molar-refractivity contribution in [3.63, 3.8) is 0 Å². The zero-order chi connectivity index (χ0) is 13.0. The molecule has 18 heavy (non-hydrogen) atoms. The molecule has 2 rings (SSSR count). The van der Waals surface area contributed by atoms with Gasteiger partial charge in [-0.25, -0.2) is 0 Å². The molecule has 2 nitrogen and oxygen atoms in total. The highest BCUT2D eigenvalue weighted by atomic mass is 15.2. The van der Waals surface area contributed by atoms with Crippen LogP contribution in [0.3, 0.4) is 0 Å². The molecule has 1 saturated carbocycles. The molecule has 0 aromatic carbocycles. The SMILES string of the molecule is CC(C)C(C)CN1CCNC(C2CCCCC2)C1. The van der Waals surface area contributed by atoms with Crippen LogP contribution in [0.15, 0.2) is 0 Å². The molecule has 106 valence electrons. The molecule has 1 heterocycles. The molecule has 2 fully saturated rings. The maximum Gasteiger partial charge on any atom is 0.0223 e. The molecule has 1 aliphatic carbocycles. The molecule has 1 saturated heterocycles. The molecule has 0 bridgehead atoms. The van der Waals surface area contributed by atoms with E-state index in [-0.39, 0.29) is 0 Å². The summed E-state index contributed by atoms with van der Waals surface area (Å²) >= 11 is 0. The number of hydrogen-bond donors (Lipinski definition) is 1. The Morgan fingerprint density at radius 1 is 1.11 bits per heavy atom. The monoisotopic (exact) mass is 252 g/mol. The molecule has 0 radical (unpaired) electrons. The van der Waals surface area contributed by atoms with Crippen molar-refractivity contribution in [1.29, 1.82) is 0 Å². The third-order valence-corrected chi connectivity index (χ3v) is 5.19. The molecule has 1 N–H and O–H groups in total. The smallest absolute Gasteiger partial charge is 0.0223 e. The van der Waals surface area contributed by atoms with Gasteiger partial charge in [0.1, 0.15) is 0 Å². The first kappa shape index (κ1) is 14.3. The molecular formula is C16H32N2. The minimum absolute atomic E-state index is 0.776. The van der Waals surface area contributed by atoms with Crippen LogP contribution < -0.4 is 5.32 Å². The summed E-state index contributed by atoms with van der Waals surface area (Å²) in [7, 11) is 0. The van der Waals surface area contributed by atoms with Crippen LogP contribution >= 0.6 is 0 Å². The second-order valence-corrected chi connectivity index (χ2v) is 6.94. The first-order chi connectivity index (χ1) is 8.66. The van der Waals surface area contributed by atoms with Gasteiger partial charge >= 0.3 is 0 Å². The minimum atomic E-state index is 0.776. The molecule has 2 atom stereocenters. The first-order valence-corrected chi connectivity index (χ1v) is 8.12. The average molecular weight is 252 g/mol. The van der Waals surface area contributed by atoms with Crippen molar-refractivity contribution in [1.82, 2.24) is 10.2 Å². The maximum atomic E-state index is 3.78. The molecule has 2 unspecified atom stereocenters. The topological polar surface area (TPSA) is 15.3 Å². The summed E-state index contributed by atoms with van der Waals surface area (Å²) in [4.78, 5) is 2.71. The van der Waals surface area contributed by atoms with Crippen molar-refractivity contribution < 1.29 is 0 Å². The van der Waals surface area contributed by atoms with Gasteiger partial charge in [0, 0.05) is 32.2 Å². The highest BCUT2D eigenvalue weighted by molar-refractivity contribution is 4.86. The lowest BCUT2D eigenvalue weighted by atomic mass is 9.83. The lowest BCUT2D eigenvalue weighted by Crippen LogP contribution is -2.54. The summed E-state index contributed by atoms with van der Waals surface area (Å²) in [5.41, 5.74) is 0. The summed E-state index contributed by atoms with van der Waals surface area (Å²) in [6.45, 7) is 12.1. The Labute approximate surface area is 114 Å². The largest absolute Gasteiger partial charge is 0.311 e. The van der Waals surface area contributed by atoms with E-state index in [0.717, 1.165) is 23.8 Å². The van der Waals surface area contributed by atoms with E-state index in [4.69, 9.17) is 0 Å². The quantitative estimate of drug-likeness (QED) is 0.827. The van der Waals surface area contributed by atoms with E-state index >= 15 is 0 Å². The normalized spacial score (nSPS) is 29.7. The summed E-state index contributed by atoms with van der Waals surface area (Å²) in [5.74, 6) is 2.60. The standard InChI is InChI=1S/C16H32N2/c1-13(2)14(3)11-18-10-9-17-16(12-18)15-7-5-4-6-8-15/h13-17H,4-12H2,1-3H3. The lowest BCUT2D eigenvalue weighted by molar-refractivity contribution is 0.124. The Morgan fingerprint density at radius 3 is 2.50 bits per heavy atom. The van der Waals surface area contributed by atoms with E-state index in [1.54, 1.807) is 0 Å². The van der Waals surface area contributed by atoms with Crippen molar-refractivity contribution in [2.24, 2.45) is 17.8 Å². The van der Waals surface area contributed by atoms with Crippen LogP contribution in [0.25, 0.3) is 0 Å². The van der Waals surface area contributed by atoms with E-state index in [1.165, 1.54) is 58.3 Å². The summed E-state index contributed by atoms with van der Waals surface area (Å²) in [6.07, 6.45) is 7.32. The van der Waals surface area contributed by atoms with Crippen LogP contribution in [-0.4, -0.2) is 37.1 Å². The van der Waals surface area contributed by atoms with Gasteiger partial charge in [-0.05, 0) is 30.6 Å². The predicted octanol–water partition coefficient (Wildman–Crippen LogP) is 3.13. The Kier molecular flexibility index (Phi) is 5.50. The van der Waals surface area contributed by atoms with Crippen LogP contribution in [-0.2, 0) is 0 Å². The van der Waals surface area contributed by atoms with Crippen LogP contribution in [0.1, 0.15) is 52.9 Å². The van der Waals surface area contributed by atoms with Crippen molar-refractivity contribution in [2.45, 2.75) is 58.9 Å². The van der Waals surface area contributed by atoms with Crippen LogP contribution in [0, 0.1) is 17.8 Å². The lowest BCUT2D eigenvalue weighted by Gasteiger charge is -2.40. The number of nitrogens with zero attached hydrogens (tertiary/aromatic N) is 1. The van der Waals surface area contributed by atoms with Gasteiger partial charge in [-0.2, -0.15) is 0 Å². The van der Waals surface area contributed by atoms with Gasteiger partial charge in [0.05, 0.1) is 0 Å². The van der Waals surface area contributed by atoms with E-state index < -0.39 is 0 Å². The van der Waals surface area contributed by atoms with Crippen molar-refractivity contribution in [2.75, 3.05) is 26.2 Å². The van der Waals surface area contributed by atoms with Crippen molar-refractivity contribution in [3.05, 3.63) is 0 Å². The van der Waals surface area contributed by atoms with Gasteiger partial charge in [0.25, 0.3) is 0 Å². The molecule has 0 aromatic heterocycles. The fourth-order valence-electron chi connectivity index (χ4n) is 3.48. The highest BCUT2D eigenvalue weighted by Crippen LogP contribution is 2.28. The highest BCUT2D eigenvalue weighted by Gasteiger charge is 2.28. The third kappa shape index (κ3) is 3.96. The zero-order valence-electron chi connectivity index (χ0n) is 12.6. The van der Waals surface area contributed by atoms with Crippen LogP contribution in [0.5, 0.6) is 0 Å². The van der Waals surface area contributed by atoms with Gasteiger partial charge < -0.3 is 10.2 Å². The molecular weight excluding hydrogens is 220 g/mol. The molecule has 2 heteroatoms.